The van der Waals surface area contributed by atoms with E-state index in [9.17, 15) is 0 Å². The smallest absolute Gasteiger partial charge is 0.226 e. The number of aromatic nitrogens is 3. The second-order valence-corrected chi connectivity index (χ2v) is 4.24. The summed E-state index contributed by atoms with van der Waals surface area (Å²) >= 11 is 0. The van der Waals surface area contributed by atoms with E-state index in [1.165, 1.54) is 6.21 Å². The van der Waals surface area contributed by atoms with Crippen molar-refractivity contribution in [2.75, 3.05) is 5.73 Å². The summed E-state index contributed by atoms with van der Waals surface area (Å²) in [4.78, 5) is 8.26. The average molecular weight is 267 g/mol. The third-order valence-electron chi connectivity index (χ3n) is 2.99. The molecule has 3 N–H and O–H groups in total. The van der Waals surface area contributed by atoms with Crippen molar-refractivity contribution >= 4 is 28.9 Å². The van der Waals surface area contributed by atoms with Crippen molar-refractivity contribution in [2.45, 2.75) is 12.8 Å². The molecule has 0 bridgehead atoms. The van der Waals surface area contributed by atoms with Crippen LogP contribution in [0.1, 0.15) is 11.3 Å². The molecule has 98 valence electrons. The van der Waals surface area contributed by atoms with E-state index in [0.29, 0.717) is 40.1 Å². The van der Waals surface area contributed by atoms with E-state index in [1.807, 2.05) is 6.07 Å². The van der Waals surface area contributed by atoms with Crippen molar-refractivity contribution in [3.8, 4) is 6.07 Å². The third-order valence-corrected chi connectivity index (χ3v) is 2.99. The first kappa shape index (κ1) is 12.0. The summed E-state index contributed by atoms with van der Waals surface area (Å²) in [6.07, 6.45) is 3.69. The fourth-order valence-electron chi connectivity index (χ4n) is 1.98. The molecule has 3 rings (SSSR count). The zero-order valence-electron chi connectivity index (χ0n) is 10.3. The average Bonchev–Trinajstić information content (AvgIpc) is 2.92. The van der Waals surface area contributed by atoms with Gasteiger partial charge >= 0.3 is 0 Å². The molecule has 0 atom stereocenters. The number of nitrogen functional groups attached to an aromatic ring is 1. The number of nitriles is 1. The van der Waals surface area contributed by atoms with Gasteiger partial charge in [0, 0.05) is 24.6 Å². The van der Waals surface area contributed by atoms with Crippen LogP contribution in [-0.4, -0.2) is 27.3 Å². The minimum atomic E-state index is 0.0959. The summed E-state index contributed by atoms with van der Waals surface area (Å²) in [5, 5.41) is 24.2. The molecule has 0 unspecified atom stereocenters. The maximum atomic E-state index is 8.96. The minimum Gasteiger partial charge on any atom is -0.396 e. The standard InChI is InChI=1S/C12H9N7O/c13-4-6-1-2-8-7(3-9(14)16-5-6)10(15)11-12(17-8)19-20-18-11/h1,5,14H,2-3,15H2/b6-1-,14-9?,16-5-. The number of rotatable bonds is 0. The van der Waals surface area contributed by atoms with Gasteiger partial charge in [-0.05, 0) is 10.3 Å². The van der Waals surface area contributed by atoms with Crippen molar-refractivity contribution < 1.29 is 4.63 Å². The molecule has 0 fully saturated rings. The Balaban J connectivity index is 2.22. The van der Waals surface area contributed by atoms with E-state index in [-0.39, 0.29) is 12.3 Å². The van der Waals surface area contributed by atoms with Crippen LogP contribution in [0.2, 0.25) is 0 Å². The molecule has 8 heteroatoms. The van der Waals surface area contributed by atoms with Crippen molar-refractivity contribution in [2.24, 2.45) is 4.99 Å². The van der Waals surface area contributed by atoms with Gasteiger partial charge in [0.15, 0.2) is 5.52 Å². The molecule has 0 saturated heterocycles. The van der Waals surface area contributed by atoms with Gasteiger partial charge < -0.3 is 5.73 Å². The topological polar surface area (TPSA) is 138 Å². The molecule has 0 aromatic carbocycles. The zero-order chi connectivity index (χ0) is 14.1. The highest BCUT2D eigenvalue weighted by Gasteiger charge is 2.18. The van der Waals surface area contributed by atoms with Gasteiger partial charge in [-0.2, -0.15) is 5.26 Å². The fraction of sp³-hybridized carbons (Fsp3) is 0.167. The van der Waals surface area contributed by atoms with Crippen molar-refractivity contribution in [1.29, 1.82) is 10.7 Å². The normalized spacial score (nSPS) is 19.1. The largest absolute Gasteiger partial charge is 0.396 e. The summed E-state index contributed by atoms with van der Waals surface area (Å²) in [6, 6.07) is 2.01. The van der Waals surface area contributed by atoms with Crippen LogP contribution in [0, 0.1) is 16.7 Å². The molecular formula is C12H9N7O. The predicted octanol–water partition coefficient (Wildman–Crippen LogP) is 0.797. The van der Waals surface area contributed by atoms with Crippen LogP contribution >= 0.6 is 0 Å². The predicted molar refractivity (Wildman–Crippen MR) is 71.3 cm³/mol. The summed E-state index contributed by atoms with van der Waals surface area (Å²) < 4.78 is 4.63. The second kappa shape index (κ2) is 4.55. The Kier molecular flexibility index (Phi) is 2.72. The number of nitrogens with two attached hydrogens (primary N) is 1. The lowest BCUT2D eigenvalue weighted by atomic mass is 10.0. The Labute approximate surface area is 113 Å². The molecule has 8 nitrogen and oxygen atoms in total. The number of fused-ring (bicyclic) bond motifs is 2. The number of aliphatic imine (C=N–C) groups is 1. The van der Waals surface area contributed by atoms with Crippen LogP contribution < -0.4 is 5.73 Å². The highest BCUT2D eigenvalue weighted by Crippen LogP contribution is 2.25. The monoisotopic (exact) mass is 267 g/mol. The van der Waals surface area contributed by atoms with E-state index in [4.69, 9.17) is 16.4 Å². The molecule has 0 amide bonds. The van der Waals surface area contributed by atoms with Crippen LogP contribution in [-0.2, 0) is 12.8 Å². The molecule has 1 aliphatic heterocycles. The third kappa shape index (κ3) is 1.91. The summed E-state index contributed by atoms with van der Waals surface area (Å²) in [6.45, 7) is 0. The molecule has 1 aliphatic rings. The van der Waals surface area contributed by atoms with Gasteiger partial charge in [-0.15, -0.1) is 0 Å². The maximum absolute atomic E-state index is 8.96. The lowest BCUT2D eigenvalue weighted by Crippen LogP contribution is -2.08. The number of hydrogen-bond acceptors (Lipinski definition) is 7. The Morgan fingerprint density at radius 2 is 2.25 bits per heavy atom. The molecule has 0 spiro atoms. The highest BCUT2D eigenvalue weighted by molar-refractivity contribution is 5.98. The number of nitrogens with one attached hydrogen (secondary N) is 1. The molecule has 2 aromatic rings. The maximum Gasteiger partial charge on any atom is 0.226 e. The summed E-state index contributed by atoms with van der Waals surface area (Å²) in [5.74, 6) is 0.0959. The van der Waals surface area contributed by atoms with Crippen molar-refractivity contribution in [3.63, 3.8) is 0 Å². The second-order valence-electron chi connectivity index (χ2n) is 4.24. The van der Waals surface area contributed by atoms with E-state index in [2.05, 4.69) is 24.9 Å². The number of hydrogen-bond donors (Lipinski definition) is 2. The lowest BCUT2D eigenvalue weighted by Gasteiger charge is -2.08. The van der Waals surface area contributed by atoms with Gasteiger partial charge in [-0.25, -0.2) is 14.6 Å². The van der Waals surface area contributed by atoms with E-state index >= 15 is 0 Å². The minimum absolute atomic E-state index is 0.0959. The SMILES string of the molecule is N#CC1=C/Cc2nc3nonc3c(N)c2CC(=N)/N=C\1. The summed E-state index contributed by atoms with van der Waals surface area (Å²) in [5.41, 5.74) is 8.83. The highest BCUT2D eigenvalue weighted by atomic mass is 16.6. The van der Waals surface area contributed by atoms with Crippen LogP contribution in [0.3, 0.4) is 0 Å². The first-order chi connectivity index (χ1) is 9.69. The molecule has 0 radical (unpaired) electrons. The first-order valence-electron chi connectivity index (χ1n) is 5.80. The Morgan fingerprint density at radius 3 is 3.05 bits per heavy atom. The van der Waals surface area contributed by atoms with Gasteiger partial charge in [0.25, 0.3) is 0 Å². The van der Waals surface area contributed by atoms with E-state index in [1.54, 1.807) is 6.08 Å². The molecular weight excluding hydrogens is 258 g/mol. The van der Waals surface area contributed by atoms with Gasteiger partial charge in [0.1, 0.15) is 11.9 Å². The van der Waals surface area contributed by atoms with Crippen molar-refractivity contribution in [1.82, 2.24) is 15.3 Å². The molecule has 0 saturated carbocycles. The van der Waals surface area contributed by atoms with Gasteiger partial charge in [0.2, 0.25) is 5.65 Å². The first-order valence-corrected chi connectivity index (χ1v) is 5.80. The Morgan fingerprint density at radius 1 is 1.40 bits per heavy atom. The van der Waals surface area contributed by atoms with E-state index in [0.717, 1.165) is 0 Å². The number of allylic oxidation sites excluding steroid dienone is 2. The van der Waals surface area contributed by atoms with Crippen LogP contribution in [0.4, 0.5) is 5.69 Å². The fourth-order valence-corrected chi connectivity index (χ4v) is 1.98. The zero-order valence-corrected chi connectivity index (χ0v) is 10.3. The summed E-state index contributed by atoms with van der Waals surface area (Å²) in [7, 11) is 0. The number of anilines is 1. The van der Waals surface area contributed by atoms with Crippen LogP contribution in [0.5, 0.6) is 0 Å². The lowest BCUT2D eigenvalue weighted by molar-refractivity contribution is 0.315. The van der Waals surface area contributed by atoms with Crippen LogP contribution in [0.25, 0.3) is 11.2 Å². The van der Waals surface area contributed by atoms with Gasteiger partial charge in [-0.1, -0.05) is 6.08 Å². The molecule has 3 heterocycles. The van der Waals surface area contributed by atoms with Gasteiger partial charge in [-0.3, -0.25) is 5.41 Å². The van der Waals surface area contributed by atoms with E-state index < -0.39 is 0 Å². The molecule has 0 aliphatic carbocycles. The molecule has 20 heavy (non-hydrogen) atoms. The Bertz CT molecular complexity index is 809. The Hall–Kier alpha value is -3.08. The van der Waals surface area contributed by atoms with Crippen molar-refractivity contribution in [3.05, 3.63) is 22.9 Å². The molecule has 2 aromatic heterocycles. The van der Waals surface area contributed by atoms with Crippen LogP contribution in [0.15, 0.2) is 21.3 Å². The number of nitrogens with zero attached hydrogens (tertiary/aromatic N) is 5. The quantitative estimate of drug-likeness (QED) is 0.723. The number of amidine groups is 1. The number of pyridine rings is 1. The van der Waals surface area contributed by atoms with Gasteiger partial charge in [0.05, 0.1) is 17.0 Å².